The molecule has 0 radical (unpaired) electrons. The second-order valence-corrected chi connectivity index (χ2v) is 14.9. The molecule has 12 N–H and O–H groups in total. The molecular weight excluding hydrogens is 788 g/mol. The van der Waals surface area contributed by atoms with E-state index in [-0.39, 0.29) is 25.3 Å². The number of rotatable bonds is 29. The van der Waals surface area contributed by atoms with Crippen LogP contribution in [0.2, 0.25) is 0 Å². The number of unbranched alkanes of at least 4 members (excludes halogenated alkanes) is 8. The van der Waals surface area contributed by atoms with Crippen LogP contribution in [0.1, 0.15) is 118 Å². The maximum absolute atomic E-state index is 13.7. The molecule has 0 aromatic rings. The summed E-state index contributed by atoms with van der Waals surface area (Å²) in [5.74, 6) is -9.58. The van der Waals surface area contributed by atoms with Gasteiger partial charge in [0.25, 0.3) is 0 Å². The Bertz CT molecular complexity index is 1540. The Labute approximate surface area is 349 Å². The summed E-state index contributed by atoms with van der Waals surface area (Å²) in [5, 5.41) is 25.1. The first kappa shape index (κ1) is 52.2. The van der Waals surface area contributed by atoms with Crippen molar-refractivity contribution in [1.29, 1.82) is 0 Å². The number of nitrogens with one attached hydrogen (secondary N) is 7. The first-order valence-corrected chi connectivity index (χ1v) is 20.4. The van der Waals surface area contributed by atoms with Crippen molar-refractivity contribution in [3.63, 3.8) is 0 Å². The molecule has 0 unspecified atom stereocenters. The van der Waals surface area contributed by atoms with Crippen molar-refractivity contribution >= 4 is 65.0 Å². The van der Waals surface area contributed by atoms with E-state index in [1.807, 2.05) is 0 Å². The van der Waals surface area contributed by atoms with Crippen molar-refractivity contribution in [2.24, 2.45) is 11.5 Å². The Hall–Kier alpha value is -5.83. The minimum Gasteiger partial charge on any atom is -0.480 e. The first-order chi connectivity index (χ1) is 28.3. The SMILES string of the molecule is CCCCCCCCCCCC(=O)NCC(=O)N[C@@H](C)C(=O)N[C@@H](CC(N)=O)C(=O)N1CCC[C@H]1C(=O)N[C@@H](CC(N)=O)C(=O)N[C@@H](C)C(=O)N[C@@H](C)C(=O)NCC(=O)O. The summed E-state index contributed by atoms with van der Waals surface area (Å²) in [5.41, 5.74) is 10.7. The number of primary amides is 2. The predicted octanol–water partition coefficient (Wildman–Crippen LogP) is -2.55. The summed E-state index contributed by atoms with van der Waals surface area (Å²) in [7, 11) is 0. The molecule has 0 saturated carbocycles. The lowest BCUT2D eigenvalue weighted by atomic mass is 10.1. The van der Waals surface area contributed by atoms with Crippen molar-refractivity contribution in [3.05, 3.63) is 0 Å². The van der Waals surface area contributed by atoms with E-state index in [4.69, 9.17) is 16.6 Å². The third-order valence-corrected chi connectivity index (χ3v) is 9.54. The van der Waals surface area contributed by atoms with Crippen LogP contribution in [0, 0.1) is 0 Å². The van der Waals surface area contributed by atoms with Crippen LogP contribution < -0.4 is 48.7 Å². The average molecular weight is 853 g/mol. The van der Waals surface area contributed by atoms with Gasteiger partial charge in [-0.25, -0.2) is 0 Å². The van der Waals surface area contributed by atoms with E-state index in [2.05, 4.69) is 44.1 Å². The summed E-state index contributed by atoms with van der Waals surface area (Å²) in [6.07, 6.45) is 9.03. The average Bonchev–Trinajstić information content (AvgIpc) is 3.67. The molecule has 1 heterocycles. The maximum Gasteiger partial charge on any atom is 0.322 e. The second kappa shape index (κ2) is 27.8. The number of hydrogen-bond acceptors (Lipinski definition) is 11. The molecule has 0 spiro atoms. The molecule has 1 rings (SSSR count). The summed E-state index contributed by atoms with van der Waals surface area (Å²) in [4.78, 5) is 138. The molecule has 22 nitrogen and oxygen atoms in total. The highest BCUT2D eigenvalue weighted by atomic mass is 16.4. The van der Waals surface area contributed by atoms with Gasteiger partial charge in [0, 0.05) is 13.0 Å². The van der Waals surface area contributed by atoms with E-state index in [0.29, 0.717) is 12.8 Å². The number of aliphatic carboxylic acids is 1. The summed E-state index contributed by atoms with van der Waals surface area (Å²) in [6.45, 7) is 4.92. The minimum atomic E-state index is -1.62. The zero-order valence-corrected chi connectivity index (χ0v) is 35.0. The van der Waals surface area contributed by atoms with Crippen molar-refractivity contribution in [3.8, 4) is 0 Å². The molecule has 10 amide bonds. The smallest absolute Gasteiger partial charge is 0.322 e. The van der Waals surface area contributed by atoms with Crippen LogP contribution in [0.3, 0.4) is 0 Å². The number of likely N-dealkylation sites (tertiary alicyclic amines) is 1. The number of nitrogens with zero attached hydrogens (tertiary/aromatic N) is 1. The van der Waals surface area contributed by atoms with Gasteiger partial charge in [-0.3, -0.25) is 52.7 Å². The first-order valence-electron chi connectivity index (χ1n) is 20.4. The maximum atomic E-state index is 13.7. The van der Waals surface area contributed by atoms with Gasteiger partial charge < -0.3 is 58.7 Å². The molecule has 1 saturated heterocycles. The largest absolute Gasteiger partial charge is 0.480 e. The fourth-order valence-corrected chi connectivity index (χ4v) is 6.20. The normalized spacial score (nSPS) is 15.8. The monoisotopic (exact) mass is 852 g/mol. The minimum absolute atomic E-state index is 0.00476. The van der Waals surface area contributed by atoms with E-state index in [1.165, 1.54) is 52.9 Å². The highest BCUT2D eigenvalue weighted by molar-refractivity contribution is 5.99. The lowest BCUT2D eigenvalue weighted by Crippen LogP contribution is -2.59. The van der Waals surface area contributed by atoms with Crippen molar-refractivity contribution in [2.45, 2.75) is 154 Å². The fourth-order valence-electron chi connectivity index (χ4n) is 6.20. The van der Waals surface area contributed by atoms with Crippen LogP contribution in [-0.4, -0.2) is 131 Å². The Morgan fingerprint density at radius 1 is 0.600 bits per heavy atom. The third-order valence-electron chi connectivity index (χ3n) is 9.54. The lowest BCUT2D eigenvalue weighted by molar-refractivity contribution is -0.143. The number of carbonyl (C=O) groups is 11. The molecule has 0 aliphatic carbocycles. The number of carbonyl (C=O) groups excluding carboxylic acids is 10. The molecule has 1 aliphatic heterocycles. The highest BCUT2D eigenvalue weighted by Crippen LogP contribution is 2.20. The van der Waals surface area contributed by atoms with Gasteiger partial charge in [0.05, 0.1) is 19.4 Å². The number of hydrogen-bond donors (Lipinski definition) is 10. The van der Waals surface area contributed by atoms with E-state index < -0.39 is 121 Å². The Morgan fingerprint density at radius 2 is 1.12 bits per heavy atom. The van der Waals surface area contributed by atoms with Crippen molar-refractivity contribution in [2.75, 3.05) is 19.6 Å². The molecule has 338 valence electrons. The Kier molecular flexibility index (Phi) is 24.2. The quantitative estimate of drug-likeness (QED) is 0.0348. The van der Waals surface area contributed by atoms with E-state index in [0.717, 1.165) is 24.2 Å². The molecule has 0 bridgehead atoms. The van der Waals surface area contributed by atoms with Crippen LogP contribution in [0.5, 0.6) is 0 Å². The van der Waals surface area contributed by atoms with Gasteiger partial charge in [0.15, 0.2) is 0 Å². The Morgan fingerprint density at radius 3 is 1.70 bits per heavy atom. The molecule has 60 heavy (non-hydrogen) atoms. The number of carboxylic acid groups (broad SMARTS) is 1. The number of carboxylic acids is 1. The molecular formula is C38H64N10O12. The lowest BCUT2D eigenvalue weighted by Gasteiger charge is -2.30. The van der Waals surface area contributed by atoms with Crippen molar-refractivity contribution in [1.82, 2.24) is 42.1 Å². The predicted molar refractivity (Wildman–Crippen MR) is 215 cm³/mol. The summed E-state index contributed by atoms with van der Waals surface area (Å²) >= 11 is 0. The Balaban J connectivity index is 2.80. The van der Waals surface area contributed by atoms with Gasteiger partial charge in [0.1, 0.15) is 42.8 Å². The molecule has 1 aliphatic rings. The molecule has 6 atom stereocenters. The fraction of sp³-hybridized carbons (Fsp3) is 0.711. The molecule has 0 aromatic heterocycles. The summed E-state index contributed by atoms with van der Waals surface area (Å²) < 4.78 is 0. The van der Waals surface area contributed by atoms with E-state index in [9.17, 15) is 52.7 Å². The van der Waals surface area contributed by atoms with E-state index in [1.54, 1.807) is 0 Å². The number of nitrogens with two attached hydrogens (primary N) is 2. The van der Waals surface area contributed by atoms with Crippen LogP contribution in [0.15, 0.2) is 0 Å². The van der Waals surface area contributed by atoms with Crippen LogP contribution in [-0.2, 0) is 52.7 Å². The van der Waals surface area contributed by atoms with Crippen LogP contribution in [0.4, 0.5) is 0 Å². The van der Waals surface area contributed by atoms with Gasteiger partial charge in [-0.05, 0) is 40.0 Å². The van der Waals surface area contributed by atoms with Crippen LogP contribution >= 0.6 is 0 Å². The third kappa shape index (κ3) is 20.7. The topological polar surface area (TPSA) is 347 Å². The van der Waals surface area contributed by atoms with Gasteiger partial charge in [-0.2, -0.15) is 0 Å². The zero-order chi connectivity index (χ0) is 45.4. The van der Waals surface area contributed by atoms with Crippen LogP contribution in [0.25, 0.3) is 0 Å². The molecule has 0 aromatic carbocycles. The van der Waals surface area contributed by atoms with Gasteiger partial charge >= 0.3 is 5.97 Å². The second-order valence-electron chi connectivity index (χ2n) is 14.9. The van der Waals surface area contributed by atoms with E-state index >= 15 is 0 Å². The van der Waals surface area contributed by atoms with Gasteiger partial charge in [-0.1, -0.05) is 58.3 Å². The van der Waals surface area contributed by atoms with Gasteiger partial charge in [-0.15, -0.1) is 0 Å². The molecule has 1 fully saturated rings. The zero-order valence-electron chi connectivity index (χ0n) is 35.0. The molecule has 22 heteroatoms. The standard InChI is InChI=1S/C38H64N10O12/c1-5-6-7-8-9-10-11-12-13-16-30(51)41-20-31(52)43-23(3)35(57)47-26(19-29(40)50)38(60)48-17-14-15-27(48)37(59)46-25(18-28(39)49)36(58)45-24(4)34(56)44-22(2)33(55)42-21-32(53)54/h22-27H,5-21H2,1-4H3,(H2,39,49)(H2,40,50)(H,41,51)(H,42,55)(H,43,52)(H,44,56)(H,45,58)(H,46,59)(H,47,57)(H,53,54)/t22-,23-,24-,25-,26-,27-/m0/s1. The van der Waals surface area contributed by atoms with Crippen molar-refractivity contribution < 1.29 is 57.8 Å². The number of amides is 10. The van der Waals surface area contributed by atoms with Gasteiger partial charge in [0.2, 0.25) is 59.1 Å². The summed E-state index contributed by atoms with van der Waals surface area (Å²) in [6, 6.07) is -8.15. The highest BCUT2D eigenvalue weighted by Gasteiger charge is 2.40.